The van der Waals surface area contributed by atoms with Crippen molar-refractivity contribution in [2.45, 2.75) is 58.0 Å². The Morgan fingerprint density at radius 3 is 1.56 bits per heavy atom. The van der Waals surface area contributed by atoms with Gasteiger partial charge in [-0.05, 0) is 48.3 Å². The first-order valence-electron chi connectivity index (χ1n) is 21.2. The number of carbonyl (C=O) groups is 6. The highest BCUT2D eigenvalue weighted by Gasteiger charge is 2.28. The summed E-state index contributed by atoms with van der Waals surface area (Å²) in [5.41, 5.74) is 13.7. The van der Waals surface area contributed by atoms with Crippen LogP contribution in [0.2, 0.25) is 0 Å². The predicted octanol–water partition coefficient (Wildman–Crippen LogP) is -0.0529. The maximum Gasteiger partial charge on any atom is 0.317 e. The smallest absolute Gasteiger partial charge is 0.317 e. The number of carboxylic acid groups (broad SMARTS) is 3. The molecule has 0 aliphatic carbocycles. The van der Waals surface area contributed by atoms with Crippen molar-refractivity contribution in [3.8, 4) is 11.1 Å². The van der Waals surface area contributed by atoms with Crippen LogP contribution in [0.5, 0.6) is 0 Å². The number of aliphatic carboxylic acids is 3. The summed E-state index contributed by atoms with van der Waals surface area (Å²) in [5.74, 6) is -4.28. The molecule has 62 heavy (non-hydrogen) atoms. The number of nitrogens with zero attached hydrogens (tertiary/aromatic N) is 5. The highest BCUT2D eigenvalue weighted by Crippen LogP contribution is 2.20. The van der Waals surface area contributed by atoms with Gasteiger partial charge in [-0.3, -0.25) is 53.4 Å². The van der Waals surface area contributed by atoms with E-state index in [0.717, 1.165) is 29.5 Å². The van der Waals surface area contributed by atoms with E-state index in [9.17, 15) is 44.1 Å². The van der Waals surface area contributed by atoms with Crippen molar-refractivity contribution in [1.82, 2.24) is 35.6 Å². The Kier molecular flexibility index (Phi) is 22.4. The van der Waals surface area contributed by atoms with Crippen molar-refractivity contribution in [1.29, 1.82) is 0 Å². The third-order valence-electron chi connectivity index (χ3n) is 10.4. The van der Waals surface area contributed by atoms with Gasteiger partial charge in [0.05, 0.1) is 26.2 Å². The fourth-order valence-electron chi connectivity index (χ4n) is 7.03. The zero-order valence-electron chi connectivity index (χ0n) is 36.0. The van der Waals surface area contributed by atoms with Gasteiger partial charge in [0, 0.05) is 71.9 Å². The van der Waals surface area contributed by atoms with E-state index >= 15 is 0 Å². The van der Waals surface area contributed by atoms with Gasteiger partial charge in [0.1, 0.15) is 12.1 Å². The van der Waals surface area contributed by atoms with Gasteiger partial charge in [-0.25, -0.2) is 0 Å². The number of nitrogens with two attached hydrogens (primary N) is 2. The van der Waals surface area contributed by atoms with Crippen LogP contribution < -0.4 is 27.4 Å². The zero-order chi connectivity index (χ0) is 45.4. The zero-order valence-corrected chi connectivity index (χ0v) is 36.0. The molecule has 0 saturated carbocycles. The quantitative estimate of drug-likeness (QED) is 0.0413. The van der Waals surface area contributed by atoms with Gasteiger partial charge in [-0.15, -0.1) is 0 Å². The molecule has 19 heteroatoms. The summed E-state index contributed by atoms with van der Waals surface area (Å²) in [4.78, 5) is 87.6. The molecule has 1 aliphatic rings. The van der Waals surface area contributed by atoms with Crippen molar-refractivity contribution in [3.05, 3.63) is 60.2 Å². The lowest BCUT2D eigenvalue weighted by Gasteiger charge is -2.33. The van der Waals surface area contributed by atoms with Crippen molar-refractivity contribution >= 4 is 41.6 Å². The first-order chi connectivity index (χ1) is 29.6. The van der Waals surface area contributed by atoms with Gasteiger partial charge in [-0.2, -0.15) is 0 Å². The Morgan fingerprint density at radius 1 is 0.613 bits per heavy atom. The topological polar surface area (TPSA) is 277 Å². The fourth-order valence-corrected chi connectivity index (χ4v) is 7.03. The molecule has 1 fully saturated rings. The van der Waals surface area contributed by atoms with Gasteiger partial charge in [0.2, 0.25) is 17.7 Å². The molecule has 1 saturated heterocycles. The SMILES string of the molecule is CC(C)CCCNC(=O)C(CCCN=C(N)N)NC(=O)[C@@H](Cc1ccc(-c2ccccc2)cc1)NC(=O)CN1CCN(CC(=O)O)CCN(CC(=O)O)CCN(CC(=O)O)CC1. The lowest BCUT2D eigenvalue weighted by molar-refractivity contribution is -0.140. The van der Waals surface area contributed by atoms with E-state index < -0.39 is 41.8 Å². The lowest BCUT2D eigenvalue weighted by Crippen LogP contribution is -2.56. The molecular weight excluding hydrogens is 801 g/mol. The molecule has 1 heterocycles. The van der Waals surface area contributed by atoms with Crippen LogP contribution in [-0.2, 0) is 35.2 Å². The highest BCUT2D eigenvalue weighted by molar-refractivity contribution is 5.92. The number of aliphatic imine (C=N–C) groups is 1. The van der Waals surface area contributed by atoms with E-state index in [1.807, 2.05) is 54.6 Å². The van der Waals surface area contributed by atoms with Crippen molar-refractivity contribution in [2.24, 2.45) is 22.4 Å². The number of carbonyl (C=O) groups excluding carboxylic acids is 3. The van der Waals surface area contributed by atoms with Crippen LogP contribution in [0.4, 0.5) is 0 Å². The average Bonchev–Trinajstić information content (AvgIpc) is 3.21. The van der Waals surface area contributed by atoms with Crippen molar-refractivity contribution in [3.63, 3.8) is 0 Å². The Hall–Kier alpha value is -5.63. The number of hydrogen-bond acceptors (Lipinski definition) is 11. The molecular formula is C43H66N10O9. The standard InChI is InChI=1S/C43H66N10O9/c1-31(2)8-6-16-46-41(61)35(11-7-17-47-43(44)45)49-42(62)36(26-32-12-14-34(15-13-32)33-9-4-3-5-10-33)48-37(54)27-50-18-20-51(28-38(55)56)22-24-53(30-40(59)60)25-23-52(21-19-50)29-39(57)58/h3-5,9-10,12-15,31,35-36H,6-8,11,16-30H2,1-2H3,(H,46,61)(H,48,54)(H,49,62)(H,55,56)(H,57,58)(H,59,60)(H4,44,45,47)/t35?,36-/m1/s1. The summed E-state index contributed by atoms with van der Waals surface area (Å²) in [6.07, 6.45) is 2.39. The molecule has 0 bridgehead atoms. The minimum absolute atomic E-state index is 0.0892. The van der Waals surface area contributed by atoms with Gasteiger partial charge >= 0.3 is 17.9 Å². The van der Waals surface area contributed by atoms with E-state index in [0.29, 0.717) is 18.9 Å². The second-order valence-corrected chi connectivity index (χ2v) is 16.0. The van der Waals surface area contributed by atoms with E-state index in [-0.39, 0.29) is 110 Å². The second kappa shape index (κ2) is 27.3. The number of benzene rings is 2. The van der Waals surface area contributed by atoms with Crippen LogP contribution in [0.15, 0.2) is 59.6 Å². The summed E-state index contributed by atoms with van der Waals surface area (Å²) in [5, 5.41) is 37.4. The Bertz CT molecular complexity index is 1730. The van der Waals surface area contributed by atoms with Gasteiger partial charge in [-0.1, -0.05) is 68.4 Å². The van der Waals surface area contributed by atoms with Crippen LogP contribution in [0.25, 0.3) is 11.1 Å². The highest BCUT2D eigenvalue weighted by atomic mass is 16.4. The number of amides is 3. The third-order valence-corrected chi connectivity index (χ3v) is 10.4. The molecule has 10 N–H and O–H groups in total. The first kappa shape index (κ1) is 50.7. The lowest BCUT2D eigenvalue weighted by atomic mass is 10.00. The number of carboxylic acids is 3. The van der Waals surface area contributed by atoms with Gasteiger partial charge < -0.3 is 42.7 Å². The molecule has 19 nitrogen and oxygen atoms in total. The summed E-state index contributed by atoms with van der Waals surface area (Å²) in [7, 11) is 0. The van der Waals surface area contributed by atoms with Crippen molar-refractivity contribution < 1.29 is 44.1 Å². The minimum atomic E-state index is -1.11. The number of nitrogens with one attached hydrogen (secondary N) is 3. The van der Waals surface area contributed by atoms with E-state index in [4.69, 9.17) is 11.5 Å². The number of guanidine groups is 1. The molecule has 2 aromatic carbocycles. The largest absolute Gasteiger partial charge is 0.480 e. The molecule has 342 valence electrons. The molecule has 3 amide bonds. The van der Waals surface area contributed by atoms with Gasteiger partial charge in [0.25, 0.3) is 0 Å². The molecule has 2 atom stereocenters. The van der Waals surface area contributed by atoms with E-state index in [2.05, 4.69) is 34.8 Å². The third kappa shape index (κ3) is 20.8. The summed E-state index contributed by atoms with van der Waals surface area (Å²) >= 11 is 0. The van der Waals surface area contributed by atoms with Crippen LogP contribution in [0, 0.1) is 5.92 Å². The molecule has 0 radical (unpaired) electrons. The monoisotopic (exact) mass is 867 g/mol. The molecule has 3 rings (SSSR count). The van der Waals surface area contributed by atoms with Crippen LogP contribution >= 0.6 is 0 Å². The van der Waals surface area contributed by atoms with Crippen molar-refractivity contribution in [2.75, 3.05) is 91.6 Å². The molecule has 1 aliphatic heterocycles. The maximum atomic E-state index is 14.2. The minimum Gasteiger partial charge on any atom is -0.480 e. The summed E-state index contributed by atoms with van der Waals surface area (Å²) in [6, 6.07) is 15.3. The summed E-state index contributed by atoms with van der Waals surface area (Å²) in [6.45, 7) is 5.51. The maximum absolute atomic E-state index is 14.2. The Labute approximate surface area is 363 Å². The van der Waals surface area contributed by atoms with Crippen LogP contribution in [0.1, 0.15) is 45.1 Å². The second-order valence-electron chi connectivity index (χ2n) is 16.0. The van der Waals surface area contributed by atoms with Gasteiger partial charge in [0.15, 0.2) is 5.96 Å². The number of hydrogen-bond donors (Lipinski definition) is 8. The summed E-state index contributed by atoms with van der Waals surface area (Å²) < 4.78 is 0. The Balaban J connectivity index is 1.87. The predicted molar refractivity (Wildman–Crippen MR) is 235 cm³/mol. The molecule has 2 aromatic rings. The van der Waals surface area contributed by atoms with Crippen LogP contribution in [-0.4, -0.2) is 180 Å². The fraction of sp³-hybridized carbons (Fsp3) is 0.558. The van der Waals surface area contributed by atoms with E-state index in [1.165, 1.54) is 0 Å². The average molecular weight is 867 g/mol. The molecule has 1 unspecified atom stereocenters. The molecule has 0 spiro atoms. The van der Waals surface area contributed by atoms with Crippen LogP contribution in [0.3, 0.4) is 0 Å². The molecule has 0 aromatic heterocycles. The first-order valence-corrected chi connectivity index (χ1v) is 21.2. The number of rotatable bonds is 23. The normalized spacial score (nSPS) is 15.9. The Morgan fingerprint density at radius 2 is 1.10 bits per heavy atom. The van der Waals surface area contributed by atoms with E-state index in [1.54, 1.807) is 19.6 Å².